The lowest BCUT2D eigenvalue weighted by Crippen LogP contribution is -2.32. The Bertz CT molecular complexity index is 392. The summed E-state index contributed by atoms with van der Waals surface area (Å²) in [6, 6.07) is 0. The number of hydrogen-bond donors (Lipinski definition) is 1. The maximum Gasteiger partial charge on any atom is 0.261 e. The molecule has 19 heavy (non-hydrogen) atoms. The quantitative estimate of drug-likeness (QED) is 0.766. The fourth-order valence-electron chi connectivity index (χ4n) is 2.46. The third-order valence-electron chi connectivity index (χ3n) is 3.59. The largest absolute Gasteiger partial charge is 0.375 e. The third kappa shape index (κ3) is 3.48. The van der Waals surface area contributed by atoms with Crippen LogP contribution in [0.5, 0.6) is 0 Å². The maximum absolute atomic E-state index is 11.9. The average Bonchev–Trinajstić information content (AvgIpc) is 3.04. The smallest absolute Gasteiger partial charge is 0.261 e. The molecule has 0 amide bonds. The number of nitrogens with zero attached hydrogens (tertiary/aromatic N) is 2. The van der Waals surface area contributed by atoms with E-state index >= 15 is 0 Å². The van der Waals surface area contributed by atoms with Crippen molar-refractivity contribution in [2.24, 2.45) is 5.73 Å². The minimum atomic E-state index is -2.44. The second-order valence-electron chi connectivity index (χ2n) is 4.92. The third-order valence-corrected chi connectivity index (χ3v) is 3.59. The standard InChI is InChI=1S/C12H19F2N3O2/c13-9(14)7-18-6-3-10-16-11(19-17-10)12(8-15)4-1-2-5-12/h9H,1-8,15H2. The molecule has 0 saturated heterocycles. The van der Waals surface area contributed by atoms with Gasteiger partial charge in [0.25, 0.3) is 6.43 Å². The van der Waals surface area contributed by atoms with E-state index in [9.17, 15) is 8.78 Å². The molecule has 1 aliphatic rings. The minimum Gasteiger partial charge on any atom is -0.375 e. The van der Waals surface area contributed by atoms with Crippen LogP contribution in [0.15, 0.2) is 4.52 Å². The van der Waals surface area contributed by atoms with Gasteiger partial charge in [-0.3, -0.25) is 0 Å². The van der Waals surface area contributed by atoms with E-state index in [4.69, 9.17) is 15.0 Å². The molecule has 5 nitrogen and oxygen atoms in total. The molecule has 0 spiro atoms. The van der Waals surface area contributed by atoms with Crippen molar-refractivity contribution in [1.29, 1.82) is 0 Å². The highest BCUT2D eigenvalue weighted by Gasteiger charge is 2.39. The summed E-state index contributed by atoms with van der Waals surface area (Å²) in [5, 5.41) is 3.86. The number of nitrogens with two attached hydrogens (primary N) is 1. The first-order chi connectivity index (χ1) is 9.16. The normalized spacial score (nSPS) is 18.3. The number of halogens is 2. The summed E-state index contributed by atoms with van der Waals surface area (Å²) in [5.74, 6) is 1.07. The fraction of sp³-hybridized carbons (Fsp3) is 0.833. The molecular formula is C12H19F2N3O2. The Kier molecular flexibility index (Phi) is 4.81. The molecule has 2 N–H and O–H groups in total. The molecule has 0 bridgehead atoms. The molecule has 0 aliphatic heterocycles. The molecule has 0 aromatic carbocycles. The van der Waals surface area contributed by atoms with Crippen LogP contribution in [0.4, 0.5) is 8.78 Å². The van der Waals surface area contributed by atoms with Gasteiger partial charge in [0.2, 0.25) is 5.89 Å². The first-order valence-electron chi connectivity index (χ1n) is 6.55. The monoisotopic (exact) mass is 275 g/mol. The molecule has 108 valence electrons. The van der Waals surface area contributed by atoms with Crippen molar-refractivity contribution in [3.63, 3.8) is 0 Å². The summed E-state index contributed by atoms with van der Waals surface area (Å²) in [6.07, 6.45) is 2.09. The molecular weight excluding hydrogens is 256 g/mol. The van der Waals surface area contributed by atoms with Gasteiger partial charge in [0.1, 0.15) is 6.61 Å². The molecule has 1 aromatic heterocycles. The van der Waals surface area contributed by atoms with Crippen LogP contribution in [0, 0.1) is 0 Å². The van der Waals surface area contributed by atoms with Gasteiger partial charge in [0, 0.05) is 13.0 Å². The molecule has 1 aromatic rings. The predicted octanol–water partition coefficient (Wildman–Crippen LogP) is 1.66. The van der Waals surface area contributed by atoms with Crippen LogP contribution in [-0.2, 0) is 16.6 Å². The van der Waals surface area contributed by atoms with Crippen LogP contribution in [0.1, 0.15) is 37.4 Å². The van der Waals surface area contributed by atoms with E-state index in [1.165, 1.54) is 0 Å². The highest BCUT2D eigenvalue weighted by Crippen LogP contribution is 2.39. The van der Waals surface area contributed by atoms with E-state index in [1.54, 1.807) is 0 Å². The fourth-order valence-corrected chi connectivity index (χ4v) is 2.46. The van der Waals surface area contributed by atoms with Gasteiger partial charge < -0.3 is 15.0 Å². The number of alkyl halides is 2. The molecule has 2 rings (SSSR count). The van der Waals surface area contributed by atoms with Crippen molar-refractivity contribution < 1.29 is 18.0 Å². The van der Waals surface area contributed by atoms with Gasteiger partial charge in [-0.05, 0) is 12.8 Å². The highest BCUT2D eigenvalue weighted by atomic mass is 19.3. The zero-order chi connectivity index (χ0) is 13.7. The van der Waals surface area contributed by atoms with Gasteiger partial charge in [-0.2, -0.15) is 4.98 Å². The van der Waals surface area contributed by atoms with Crippen LogP contribution in [0.3, 0.4) is 0 Å². The van der Waals surface area contributed by atoms with E-state index < -0.39 is 13.0 Å². The second-order valence-corrected chi connectivity index (χ2v) is 4.92. The maximum atomic E-state index is 11.9. The first kappa shape index (κ1) is 14.3. The van der Waals surface area contributed by atoms with E-state index in [0.29, 0.717) is 24.7 Å². The van der Waals surface area contributed by atoms with Gasteiger partial charge in [-0.25, -0.2) is 8.78 Å². The Balaban J connectivity index is 1.88. The van der Waals surface area contributed by atoms with Crippen molar-refractivity contribution in [1.82, 2.24) is 10.1 Å². The minimum absolute atomic E-state index is 0.166. The number of hydrogen-bond acceptors (Lipinski definition) is 5. The Morgan fingerprint density at radius 1 is 1.37 bits per heavy atom. The molecule has 0 atom stereocenters. The summed E-state index contributed by atoms with van der Waals surface area (Å²) < 4.78 is 33.8. The van der Waals surface area contributed by atoms with Crippen LogP contribution in [-0.4, -0.2) is 36.3 Å². The van der Waals surface area contributed by atoms with Crippen molar-refractivity contribution in [2.75, 3.05) is 19.8 Å². The van der Waals surface area contributed by atoms with Gasteiger partial charge in [-0.1, -0.05) is 18.0 Å². The van der Waals surface area contributed by atoms with Crippen molar-refractivity contribution in [3.05, 3.63) is 11.7 Å². The summed E-state index contributed by atoms with van der Waals surface area (Å²) in [6.45, 7) is 0.104. The number of aromatic nitrogens is 2. The Hall–Kier alpha value is -1.08. The molecule has 1 heterocycles. The molecule has 1 fully saturated rings. The van der Waals surface area contributed by atoms with Crippen LogP contribution in [0.2, 0.25) is 0 Å². The Labute approximate surface area is 110 Å². The molecule has 1 saturated carbocycles. The van der Waals surface area contributed by atoms with Gasteiger partial charge in [-0.15, -0.1) is 0 Å². The number of ether oxygens (including phenoxy) is 1. The van der Waals surface area contributed by atoms with Crippen LogP contribution < -0.4 is 5.73 Å². The highest BCUT2D eigenvalue weighted by molar-refractivity contribution is 5.09. The zero-order valence-corrected chi connectivity index (χ0v) is 10.8. The molecule has 7 heteroatoms. The Morgan fingerprint density at radius 2 is 2.11 bits per heavy atom. The topological polar surface area (TPSA) is 74.2 Å². The van der Waals surface area contributed by atoms with Crippen LogP contribution in [0.25, 0.3) is 0 Å². The average molecular weight is 275 g/mol. The lowest BCUT2D eigenvalue weighted by Gasteiger charge is -2.21. The van der Waals surface area contributed by atoms with Crippen molar-refractivity contribution in [2.45, 2.75) is 43.9 Å². The predicted molar refractivity (Wildman–Crippen MR) is 64.0 cm³/mol. The zero-order valence-electron chi connectivity index (χ0n) is 10.8. The molecule has 0 unspecified atom stereocenters. The van der Waals surface area contributed by atoms with Gasteiger partial charge in [0.05, 0.1) is 12.0 Å². The van der Waals surface area contributed by atoms with Crippen molar-refractivity contribution >= 4 is 0 Å². The van der Waals surface area contributed by atoms with Crippen molar-refractivity contribution in [3.8, 4) is 0 Å². The summed E-state index contributed by atoms with van der Waals surface area (Å²) in [5.41, 5.74) is 5.64. The lowest BCUT2D eigenvalue weighted by molar-refractivity contribution is 0.0182. The Morgan fingerprint density at radius 3 is 2.74 bits per heavy atom. The van der Waals surface area contributed by atoms with Gasteiger partial charge >= 0.3 is 0 Å². The summed E-state index contributed by atoms with van der Waals surface area (Å²) in [7, 11) is 0. The van der Waals surface area contributed by atoms with Crippen LogP contribution >= 0.6 is 0 Å². The molecule has 0 radical (unpaired) electrons. The first-order valence-corrected chi connectivity index (χ1v) is 6.55. The SMILES string of the molecule is NCC1(c2nc(CCOCC(F)F)no2)CCCC1. The van der Waals surface area contributed by atoms with E-state index in [-0.39, 0.29) is 12.0 Å². The second kappa shape index (κ2) is 6.38. The molecule has 1 aliphatic carbocycles. The lowest BCUT2D eigenvalue weighted by atomic mass is 9.86. The van der Waals surface area contributed by atoms with E-state index in [1.807, 2.05) is 0 Å². The van der Waals surface area contributed by atoms with Gasteiger partial charge in [0.15, 0.2) is 5.82 Å². The summed E-state index contributed by atoms with van der Waals surface area (Å²) in [4.78, 5) is 4.33. The number of rotatable bonds is 7. The summed E-state index contributed by atoms with van der Waals surface area (Å²) >= 11 is 0. The van der Waals surface area contributed by atoms with E-state index in [0.717, 1.165) is 25.7 Å². The van der Waals surface area contributed by atoms with E-state index in [2.05, 4.69) is 10.1 Å².